The first-order valence-corrected chi connectivity index (χ1v) is 12.6. The summed E-state index contributed by atoms with van der Waals surface area (Å²) in [4.78, 5) is 24.2. The number of nitrogens with zero attached hydrogens (tertiary/aromatic N) is 4. The molecule has 1 atom stereocenters. The van der Waals surface area contributed by atoms with E-state index in [1.165, 1.54) is 4.31 Å². The van der Waals surface area contributed by atoms with Crippen LogP contribution in [0.3, 0.4) is 0 Å². The summed E-state index contributed by atoms with van der Waals surface area (Å²) in [5.41, 5.74) is 1.04. The zero-order valence-corrected chi connectivity index (χ0v) is 22.1. The molecule has 2 aliphatic heterocycles. The molecule has 1 spiro atoms. The maximum Gasteiger partial charge on any atom is 0.490 e. The molecule has 3 rings (SSSR count). The highest BCUT2D eigenvalue weighted by Crippen LogP contribution is 2.39. The number of pyridine rings is 1. The van der Waals surface area contributed by atoms with Crippen molar-refractivity contribution in [1.82, 2.24) is 18.5 Å². The van der Waals surface area contributed by atoms with Crippen molar-refractivity contribution in [2.45, 2.75) is 37.3 Å². The lowest BCUT2D eigenvalue weighted by molar-refractivity contribution is -0.193. The zero-order chi connectivity index (χ0) is 30.2. The molecule has 18 heteroatoms. The summed E-state index contributed by atoms with van der Waals surface area (Å²) in [6, 6.07) is 3.93. The normalized spacial score (nSPS) is 19.8. The van der Waals surface area contributed by atoms with Crippen molar-refractivity contribution in [3.63, 3.8) is 0 Å². The Balaban J connectivity index is 0.000000449. The van der Waals surface area contributed by atoms with E-state index in [0.29, 0.717) is 32.2 Å². The number of carboxylic acids is 2. The number of hydrogen-bond donors (Lipinski definition) is 2. The molecule has 2 aliphatic rings. The molecule has 2 N–H and O–H groups in total. The Labute approximate surface area is 221 Å². The molecule has 2 saturated heterocycles. The number of piperidine rings is 1. The average Bonchev–Trinajstić information content (AvgIpc) is 2.79. The first-order chi connectivity index (χ1) is 17.7. The van der Waals surface area contributed by atoms with Gasteiger partial charge in [-0.05, 0) is 44.0 Å². The summed E-state index contributed by atoms with van der Waals surface area (Å²) >= 11 is 0. The van der Waals surface area contributed by atoms with Crippen LogP contribution in [0.15, 0.2) is 24.5 Å². The Hall–Kier alpha value is -2.54. The van der Waals surface area contributed by atoms with Gasteiger partial charge in [-0.2, -0.15) is 43.4 Å². The second-order valence-electron chi connectivity index (χ2n) is 9.05. The summed E-state index contributed by atoms with van der Waals surface area (Å²) in [6.07, 6.45) is -4.51. The number of ether oxygens (including phenoxy) is 1. The highest BCUT2D eigenvalue weighted by molar-refractivity contribution is 7.86. The monoisotopic (exact) mass is 596 g/mol. The van der Waals surface area contributed by atoms with E-state index in [1.54, 1.807) is 24.6 Å². The van der Waals surface area contributed by atoms with Crippen LogP contribution in [0.4, 0.5) is 26.3 Å². The highest BCUT2D eigenvalue weighted by Gasteiger charge is 2.53. The lowest BCUT2D eigenvalue weighted by Gasteiger charge is -2.58. The van der Waals surface area contributed by atoms with Crippen molar-refractivity contribution in [3.05, 3.63) is 30.1 Å². The van der Waals surface area contributed by atoms with Gasteiger partial charge in [0.05, 0.1) is 6.61 Å². The standard InChI is InChI=1S/C17H28N4O3S.2C2HF3O2/c1-19(2)25(22,23)21-13-17(14-21)9-15(6-8-20(17)3)11-24-12-16-5-4-7-18-10-16;2*3-2(4,5)1(6)7/h4-5,7,10,15H,6,8-9,11-14H2,1-3H3;2*(H,6,7). The molecule has 11 nitrogen and oxygen atoms in total. The number of likely N-dealkylation sites (tertiary alicyclic amines) is 1. The van der Waals surface area contributed by atoms with Crippen molar-refractivity contribution >= 4 is 22.1 Å². The first kappa shape index (κ1) is 34.5. The van der Waals surface area contributed by atoms with Gasteiger partial charge in [0.1, 0.15) is 0 Å². The van der Waals surface area contributed by atoms with Gasteiger partial charge in [-0.25, -0.2) is 9.59 Å². The van der Waals surface area contributed by atoms with Gasteiger partial charge in [0.15, 0.2) is 0 Å². The van der Waals surface area contributed by atoms with Crippen LogP contribution in [0, 0.1) is 5.92 Å². The first-order valence-electron chi connectivity index (χ1n) is 11.2. The SMILES string of the molecule is CN1CCC(COCc2cccnc2)CC12CN(S(=O)(=O)N(C)C)C2.O=C(O)C(F)(F)F.O=C(O)C(F)(F)F. The molecule has 1 aromatic rings. The minimum atomic E-state index is -5.08. The number of halogens is 6. The molecule has 1 aromatic heterocycles. The summed E-state index contributed by atoms with van der Waals surface area (Å²) in [5.74, 6) is -5.04. The van der Waals surface area contributed by atoms with E-state index < -0.39 is 34.5 Å². The van der Waals surface area contributed by atoms with Crippen LogP contribution in [0.1, 0.15) is 18.4 Å². The molecule has 2 fully saturated rings. The molecule has 0 bridgehead atoms. The molecule has 0 aromatic carbocycles. The van der Waals surface area contributed by atoms with Gasteiger partial charge < -0.3 is 14.9 Å². The summed E-state index contributed by atoms with van der Waals surface area (Å²) < 4.78 is 96.7. The Morgan fingerprint density at radius 2 is 1.64 bits per heavy atom. The van der Waals surface area contributed by atoms with Gasteiger partial charge >= 0.3 is 24.3 Å². The summed E-state index contributed by atoms with van der Waals surface area (Å²) in [6.45, 7) is 3.42. The number of likely N-dealkylation sites (N-methyl/N-ethyl adjacent to an activating group) is 1. The number of carbonyl (C=O) groups is 2. The molecule has 0 radical (unpaired) electrons. The average molecular weight is 597 g/mol. The minimum absolute atomic E-state index is 0.0380. The fraction of sp³-hybridized carbons (Fsp3) is 0.667. The van der Waals surface area contributed by atoms with E-state index in [1.807, 2.05) is 18.3 Å². The van der Waals surface area contributed by atoms with Crippen molar-refractivity contribution in [3.8, 4) is 0 Å². The fourth-order valence-corrected chi connectivity index (χ4v) is 5.02. The molecule has 1 unspecified atom stereocenters. The molecular formula is C21H30F6N4O7S. The number of hydrogen-bond acceptors (Lipinski definition) is 7. The molecule has 0 saturated carbocycles. The predicted molar refractivity (Wildman–Crippen MR) is 124 cm³/mol. The summed E-state index contributed by atoms with van der Waals surface area (Å²) in [7, 11) is 1.96. The van der Waals surface area contributed by atoms with Gasteiger partial charge in [0.2, 0.25) is 0 Å². The van der Waals surface area contributed by atoms with Crippen LogP contribution < -0.4 is 0 Å². The number of carboxylic acid groups (broad SMARTS) is 2. The van der Waals surface area contributed by atoms with Gasteiger partial charge in [-0.15, -0.1) is 0 Å². The lowest BCUT2D eigenvalue weighted by atomic mass is 9.77. The van der Waals surface area contributed by atoms with Crippen LogP contribution in [0.25, 0.3) is 0 Å². The number of rotatable bonds is 6. The van der Waals surface area contributed by atoms with Crippen molar-refractivity contribution in [1.29, 1.82) is 0 Å². The van der Waals surface area contributed by atoms with E-state index in [9.17, 15) is 34.8 Å². The second kappa shape index (κ2) is 13.7. The zero-order valence-electron chi connectivity index (χ0n) is 21.2. The Bertz CT molecular complexity index is 1030. The van der Waals surface area contributed by atoms with E-state index in [-0.39, 0.29) is 5.54 Å². The second-order valence-corrected chi connectivity index (χ2v) is 11.2. The van der Waals surface area contributed by atoms with Crippen LogP contribution in [-0.4, -0.2) is 114 Å². The van der Waals surface area contributed by atoms with E-state index >= 15 is 0 Å². The molecule has 0 amide bonds. The summed E-state index contributed by atoms with van der Waals surface area (Å²) in [5, 5.41) is 14.2. The maximum absolute atomic E-state index is 12.3. The molecule has 39 heavy (non-hydrogen) atoms. The largest absolute Gasteiger partial charge is 0.490 e. The van der Waals surface area contributed by atoms with Crippen LogP contribution in [0.2, 0.25) is 0 Å². The molecule has 3 heterocycles. The topological polar surface area (TPSA) is 141 Å². The number of alkyl halides is 6. The third-order valence-corrected chi connectivity index (χ3v) is 7.74. The Morgan fingerprint density at radius 1 is 1.13 bits per heavy atom. The van der Waals surface area contributed by atoms with Crippen molar-refractivity contribution in [2.75, 3.05) is 47.4 Å². The van der Waals surface area contributed by atoms with Gasteiger partial charge in [0, 0.05) is 51.7 Å². The molecule has 224 valence electrons. The third-order valence-electron chi connectivity index (χ3n) is 5.91. The van der Waals surface area contributed by atoms with Gasteiger partial charge in [-0.3, -0.25) is 9.88 Å². The van der Waals surface area contributed by atoms with E-state index in [2.05, 4.69) is 16.9 Å². The minimum Gasteiger partial charge on any atom is -0.475 e. The highest BCUT2D eigenvalue weighted by atomic mass is 32.2. The van der Waals surface area contributed by atoms with Crippen LogP contribution in [0.5, 0.6) is 0 Å². The van der Waals surface area contributed by atoms with Gasteiger partial charge in [-0.1, -0.05) is 6.07 Å². The maximum atomic E-state index is 12.3. The number of aromatic nitrogens is 1. The van der Waals surface area contributed by atoms with E-state index in [0.717, 1.165) is 24.9 Å². The lowest BCUT2D eigenvalue weighted by Crippen LogP contribution is -2.73. The molecular weight excluding hydrogens is 566 g/mol. The number of aliphatic carboxylic acids is 2. The Morgan fingerprint density at radius 3 is 2.05 bits per heavy atom. The van der Waals surface area contributed by atoms with E-state index in [4.69, 9.17) is 24.5 Å². The smallest absolute Gasteiger partial charge is 0.475 e. The van der Waals surface area contributed by atoms with Crippen molar-refractivity contribution in [2.24, 2.45) is 5.92 Å². The third kappa shape index (κ3) is 10.5. The fourth-order valence-electron chi connectivity index (χ4n) is 3.75. The van der Waals surface area contributed by atoms with Crippen molar-refractivity contribution < 1.29 is 59.3 Å². The van der Waals surface area contributed by atoms with Crippen LogP contribution >= 0.6 is 0 Å². The van der Waals surface area contributed by atoms with Crippen LogP contribution in [-0.2, 0) is 31.1 Å². The van der Waals surface area contributed by atoms with Gasteiger partial charge in [0.25, 0.3) is 10.2 Å². The predicted octanol–water partition coefficient (Wildman–Crippen LogP) is 2.07. The molecule has 0 aliphatic carbocycles. The quantitative estimate of drug-likeness (QED) is 0.473. The Kier molecular flexibility index (Phi) is 12.1.